The zero-order valence-corrected chi connectivity index (χ0v) is 7.58. The summed E-state index contributed by atoms with van der Waals surface area (Å²) in [5.41, 5.74) is -0.103. The standard InChI is InChI=1S/C11H14O/c1-11(2)7-8-5-3-4-6-9(8)10(11)12/h3-6,8-9H,7H2,1-2H3. The average Bonchev–Trinajstić information content (AvgIpc) is 2.24. The average molecular weight is 162 g/mol. The van der Waals surface area contributed by atoms with Gasteiger partial charge in [-0.1, -0.05) is 38.2 Å². The first-order chi connectivity index (χ1) is 5.61. The van der Waals surface area contributed by atoms with Crippen molar-refractivity contribution in [3.05, 3.63) is 24.3 Å². The third-order valence-corrected chi connectivity index (χ3v) is 2.96. The van der Waals surface area contributed by atoms with E-state index in [0.717, 1.165) is 6.42 Å². The second-order valence-electron chi connectivity index (χ2n) is 4.41. The summed E-state index contributed by atoms with van der Waals surface area (Å²) in [4.78, 5) is 11.8. The van der Waals surface area contributed by atoms with Crippen LogP contribution in [0.15, 0.2) is 24.3 Å². The van der Waals surface area contributed by atoms with Crippen molar-refractivity contribution < 1.29 is 4.79 Å². The second kappa shape index (κ2) is 2.32. The minimum absolute atomic E-state index is 0.103. The van der Waals surface area contributed by atoms with Crippen LogP contribution in [0.5, 0.6) is 0 Å². The van der Waals surface area contributed by atoms with Crippen molar-refractivity contribution >= 4 is 5.78 Å². The van der Waals surface area contributed by atoms with Crippen molar-refractivity contribution in [2.45, 2.75) is 20.3 Å². The quantitative estimate of drug-likeness (QED) is 0.534. The summed E-state index contributed by atoms with van der Waals surface area (Å²) in [6, 6.07) is 0. The maximum atomic E-state index is 11.8. The number of ketones is 1. The van der Waals surface area contributed by atoms with Gasteiger partial charge in [-0.15, -0.1) is 0 Å². The Morgan fingerprint density at radius 1 is 1.33 bits per heavy atom. The number of hydrogen-bond donors (Lipinski definition) is 0. The maximum Gasteiger partial charge on any atom is 0.145 e. The molecular formula is C11H14O. The van der Waals surface area contributed by atoms with E-state index in [1.807, 2.05) is 12.2 Å². The van der Waals surface area contributed by atoms with Crippen LogP contribution in [0.3, 0.4) is 0 Å². The zero-order valence-electron chi connectivity index (χ0n) is 7.58. The lowest BCUT2D eigenvalue weighted by molar-refractivity contribution is -0.126. The normalized spacial score (nSPS) is 37.0. The third kappa shape index (κ3) is 0.961. The van der Waals surface area contributed by atoms with Crippen LogP contribution in [0.25, 0.3) is 0 Å². The summed E-state index contributed by atoms with van der Waals surface area (Å²) in [7, 11) is 0. The van der Waals surface area contributed by atoms with Crippen molar-refractivity contribution in [1.29, 1.82) is 0 Å². The molecule has 2 unspecified atom stereocenters. The molecule has 2 aliphatic rings. The molecule has 1 heteroatoms. The molecule has 0 heterocycles. The van der Waals surface area contributed by atoms with Gasteiger partial charge in [0.05, 0.1) is 0 Å². The summed E-state index contributed by atoms with van der Waals surface area (Å²) in [5.74, 6) is 1.05. The summed E-state index contributed by atoms with van der Waals surface area (Å²) in [6.07, 6.45) is 9.26. The Labute approximate surface area is 73.2 Å². The van der Waals surface area contributed by atoms with Gasteiger partial charge in [-0.25, -0.2) is 0 Å². The predicted molar refractivity (Wildman–Crippen MR) is 48.7 cm³/mol. The van der Waals surface area contributed by atoms with E-state index in [4.69, 9.17) is 0 Å². The number of fused-ring (bicyclic) bond motifs is 1. The minimum atomic E-state index is -0.103. The fourth-order valence-electron chi connectivity index (χ4n) is 2.27. The molecule has 2 atom stereocenters. The first-order valence-corrected chi connectivity index (χ1v) is 4.50. The molecule has 1 fully saturated rings. The molecule has 0 amide bonds. The van der Waals surface area contributed by atoms with Gasteiger partial charge < -0.3 is 0 Å². The molecule has 0 radical (unpaired) electrons. The van der Waals surface area contributed by atoms with Gasteiger partial charge in [0.2, 0.25) is 0 Å². The van der Waals surface area contributed by atoms with E-state index in [9.17, 15) is 4.79 Å². The highest BCUT2D eigenvalue weighted by Crippen LogP contribution is 2.44. The van der Waals surface area contributed by atoms with Crippen molar-refractivity contribution in [3.8, 4) is 0 Å². The Morgan fingerprint density at radius 3 is 2.67 bits per heavy atom. The molecule has 1 saturated carbocycles. The molecule has 0 aliphatic heterocycles. The molecule has 2 aliphatic carbocycles. The number of carbonyl (C=O) groups excluding carboxylic acids is 1. The Hall–Kier alpha value is -0.850. The van der Waals surface area contributed by atoms with Crippen LogP contribution in [0.4, 0.5) is 0 Å². The Kier molecular flexibility index (Phi) is 1.50. The van der Waals surface area contributed by atoms with Crippen LogP contribution in [0.2, 0.25) is 0 Å². The largest absolute Gasteiger partial charge is 0.298 e. The Bertz CT molecular complexity index is 271. The second-order valence-corrected chi connectivity index (χ2v) is 4.41. The summed E-state index contributed by atoms with van der Waals surface area (Å²) >= 11 is 0. The van der Waals surface area contributed by atoms with Gasteiger partial charge in [0.25, 0.3) is 0 Å². The molecule has 0 saturated heterocycles. The van der Waals surface area contributed by atoms with Gasteiger partial charge in [-0.3, -0.25) is 4.79 Å². The number of rotatable bonds is 0. The van der Waals surface area contributed by atoms with E-state index in [1.54, 1.807) is 0 Å². The maximum absolute atomic E-state index is 11.8. The molecule has 64 valence electrons. The predicted octanol–water partition coefficient (Wildman–Crippen LogP) is 2.34. The van der Waals surface area contributed by atoms with Crippen LogP contribution in [0.1, 0.15) is 20.3 Å². The molecule has 0 bridgehead atoms. The Balaban J connectivity index is 2.33. The topological polar surface area (TPSA) is 17.1 Å². The fourth-order valence-corrected chi connectivity index (χ4v) is 2.27. The molecule has 2 rings (SSSR count). The molecule has 1 nitrogen and oxygen atoms in total. The summed E-state index contributed by atoms with van der Waals surface area (Å²) in [6.45, 7) is 4.10. The first kappa shape index (κ1) is 7.78. The van der Waals surface area contributed by atoms with Gasteiger partial charge in [0, 0.05) is 11.3 Å². The van der Waals surface area contributed by atoms with Crippen molar-refractivity contribution in [1.82, 2.24) is 0 Å². The van der Waals surface area contributed by atoms with Crippen LogP contribution in [0, 0.1) is 17.3 Å². The van der Waals surface area contributed by atoms with E-state index in [1.165, 1.54) is 0 Å². The smallest absolute Gasteiger partial charge is 0.145 e. The van der Waals surface area contributed by atoms with E-state index in [0.29, 0.717) is 11.7 Å². The van der Waals surface area contributed by atoms with Gasteiger partial charge in [-0.2, -0.15) is 0 Å². The summed E-state index contributed by atoms with van der Waals surface area (Å²) in [5, 5.41) is 0. The highest BCUT2D eigenvalue weighted by molar-refractivity contribution is 5.90. The van der Waals surface area contributed by atoms with E-state index in [-0.39, 0.29) is 11.3 Å². The lowest BCUT2D eigenvalue weighted by atomic mass is 9.89. The van der Waals surface area contributed by atoms with Gasteiger partial charge >= 0.3 is 0 Å². The highest BCUT2D eigenvalue weighted by atomic mass is 16.1. The summed E-state index contributed by atoms with van der Waals surface area (Å²) < 4.78 is 0. The number of allylic oxidation sites excluding steroid dienone is 4. The highest BCUT2D eigenvalue weighted by Gasteiger charge is 2.45. The number of Topliss-reactive ketones (excluding diaryl/α,β-unsaturated/α-hetero) is 1. The SMILES string of the molecule is CC1(C)CC2C=CC=CC2C1=O. The fraction of sp³-hybridized carbons (Fsp3) is 0.545. The van der Waals surface area contributed by atoms with Crippen LogP contribution >= 0.6 is 0 Å². The first-order valence-electron chi connectivity index (χ1n) is 4.50. The van der Waals surface area contributed by atoms with E-state index in [2.05, 4.69) is 26.0 Å². The molecule has 12 heavy (non-hydrogen) atoms. The Morgan fingerprint density at radius 2 is 2.00 bits per heavy atom. The molecular weight excluding hydrogens is 148 g/mol. The molecule has 0 spiro atoms. The van der Waals surface area contributed by atoms with Crippen molar-refractivity contribution in [2.75, 3.05) is 0 Å². The molecule has 0 aromatic rings. The lowest BCUT2D eigenvalue weighted by Gasteiger charge is -2.13. The van der Waals surface area contributed by atoms with Gasteiger partial charge in [0.1, 0.15) is 5.78 Å². The monoisotopic (exact) mass is 162 g/mol. The van der Waals surface area contributed by atoms with Gasteiger partial charge in [-0.05, 0) is 12.3 Å². The zero-order chi connectivity index (χ0) is 8.77. The minimum Gasteiger partial charge on any atom is -0.298 e. The molecule has 0 aromatic carbocycles. The van der Waals surface area contributed by atoms with Crippen LogP contribution in [-0.4, -0.2) is 5.78 Å². The number of carbonyl (C=O) groups is 1. The van der Waals surface area contributed by atoms with Crippen LogP contribution < -0.4 is 0 Å². The van der Waals surface area contributed by atoms with Crippen LogP contribution in [-0.2, 0) is 4.79 Å². The number of hydrogen-bond acceptors (Lipinski definition) is 1. The van der Waals surface area contributed by atoms with Gasteiger partial charge in [0.15, 0.2) is 0 Å². The van der Waals surface area contributed by atoms with E-state index < -0.39 is 0 Å². The van der Waals surface area contributed by atoms with Crippen molar-refractivity contribution in [2.24, 2.45) is 17.3 Å². The lowest BCUT2D eigenvalue weighted by Crippen LogP contribution is -2.21. The van der Waals surface area contributed by atoms with Crippen molar-refractivity contribution in [3.63, 3.8) is 0 Å². The third-order valence-electron chi connectivity index (χ3n) is 2.96. The molecule has 0 N–H and O–H groups in total. The molecule has 0 aromatic heterocycles. The van der Waals surface area contributed by atoms with E-state index >= 15 is 0 Å².